The van der Waals surface area contributed by atoms with E-state index in [0.717, 1.165) is 9.75 Å². The summed E-state index contributed by atoms with van der Waals surface area (Å²) in [4.78, 5) is 9.87. The number of benzene rings is 4. The van der Waals surface area contributed by atoms with Crippen molar-refractivity contribution in [3.8, 4) is 21.3 Å². The van der Waals surface area contributed by atoms with Gasteiger partial charge in [-0.2, -0.15) is 0 Å². The van der Waals surface area contributed by atoms with Crippen LogP contribution in [0.3, 0.4) is 0 Å². The summed E-state index contributed by atoms with van der Waals surface area (Å²) in [5, 5.41) is 38.7. The zero-order valence-corrected chi connectivity index (χ0v) is 20.7. The summed E-state index contributed by atoms with van der Waals surface area (Å²) in [7, 11) is 0. The van der Waals surface area contributed by atoms with Crippen LogP contribution in [0.2, 0.25) is 0 Å². The molecule has 0 saturated heterocycles. The molecule has 0 fully saturated rings. The fourth-order valence-corrected chi connectivity index (χ4v) is 5.29. The summed E-state index contributed by atoms with van der Waals surface area (Å²) in [5.74, 6) is -2.69. The maximum Gasteiger partial charge on any atom is 0.230 e. The molecule has 0 spiro atoms. The predicted molar refractivity (Wildman–Crippen MR) is 143 cm³/mol. The second-order valence-electron chi connectivity index (χ2n) is 7.97. The summed E-state index contributed by atoms with van der Waals surface area (Å²) in [6, 6.07) is 16.6. The van der Waals surface area contributed by atoms with Crippen molar-refractivity contribution in [1.82, 2.24) is 9.97 Å². The normalized spacial score (nSPS) is 11.9. The lowest BCUT2D eigenvalue weighted by atomic mass is 10.1. The molecule has 0 bridgehead atoms. The summed E-state index contributed by atoms with van der Waals surface area (Å²) >= 11 is 2.43. The van der Waals surface area contributed by atoms with Gasteiger partial charge in [0, 0.05) is 23.2 Å². The molecule has 6 aromatic rings. The minimum absolute atomic E-state index is 0.00758. The van der Waals surface area contributed by atoms with Crippen LogP contribution >= 0.6 is 22.7 Å². The molecule has 8 nitrogen and oxygen atoms in total. The van der Waals surface area contributed by atoms with Crippen LogP contribution in [-0.4, -0.2) is 20.2 Å². The molecule has 4 aromatic carbocycles. The maximum atomic E-state index is 14.5. The van der Waals surface area contributed by atoms with E-state index < -0.39 is 23.1 Å². The Kier molecular flexibility index (Phi) is 6.02. The van der Waals surface area contributed by atoms with Crippen molar-refractivity contribution >= 4 is 65.9 Å². The Hall–Kier alpha value is -4.68. The SMILES string of the molecule is Oc1c(N=Nc2ncc(-c3cnc(N=Nc4cc5ccccc5c(F)c4O)s3)s2)cc2ccccc2c1F. The smallest absolute Gasteiger partial charge is 0.230 e. The highest BCUT2D eigenvalue weighted by atomic mass is 32.1. The number of aromatic hydroxyl groups is 2. The van der Waals surface area contributed by atoms with Gasteiger partial charge in [0.05, 0.1) is 9.75 Å². The van der Waals surface area contributed by atoms with E-state index in [-0.39, 0.29) is 11.4 Å². The lowest BCUT2D eigenvalue weighted by molar-refractivity contribution is 0.437. The Balaban J connectivity index is 1.22. The topological polar surface area (TPSA) is 116 Å². The van der Waals surface area contributed by atoms with Crippen molar-refractivity contribution < 1.29 is 19.0 Å². The molecular formula is C26H14F2N6O2S2. The summed E-state index contributed by atoms with van der Waals surface area (Å²) in [6.45, 7) is 0. The number of thiazole rings is 2. The number of phenols is 2. The Morgan fingerprint density at radius 1 is 0.605 bits per heavy atom. The Morgan fingerprint density at radius 2 is 1.03 bits per heavy atom. The van der Waals surface area contributed by atoms with Crippen LogP contribution in [0.25, 0.3) is 31.3 Å². The molecule has 0 radical (unpaired) electrons. The predicted octanol–water partition coefficient (Wildman–Crippen LogP) is 9.09. The Morgan fingerprint density at radius 3 is 1.47 bits per heavy atom. The molecule has 2 heterocycles. The van der Waals surface area contributed by atoms with E-state index in [1.54, 1.807) is 73.1 Å². The monoisotopic (exact) mass is 544 g/mol. The van der Waals surface area contributed by atoms with Gasteiger partial charge in [0.25, 0.3) is 0 Å². The van der Waals surface area contributed by atoms with E-state index in [9.17, 15) is 19.0 Å². The summed E-state index contributed by atoms with van der Waals surface area (Å²) in [5.41, 5.74) is -0.0152. The first kappa shape index (κ1) is 23.7. The van der Waals surface area contributed by atoms with Gasteiger partial charge >= 0.3 is 0 Å². The molecule has 0 amide bonds. The van der Waals surface area contributed by atoms with E-state index in [1.165, 1.54) is 22.7 Å². The zero-order valence-electron chi connectivity index (χ0n) is 19.1. The Labute approximate surface area is 220 Å². The second-order valence-corrected chi connectivity index (χ2v) is 9.99. The van der Waals surface area contributed by atoms with E-state index >= 15 is 0 Å². The number of hydrogen-bond donors (Lipinski definition) is 2. The molecule has 2 N–H and O–H groups in total. The highest BCUT2D eigenvalue weighted by molar-refractivity contribution is 7.25. The van der Waals surface area contributed by atoms with Gasteiger partial charge in [-0.05, 0) is 22.9 Å². The van der Waals surface area contributed by atoms with Gasteiger partial charge in [-0.25, -0.2) is 18.7 Å². The van der Waals surface area contributed by atoms with E-state index in [4.69, 9.17) is 0 Å². The lowest BCUT2D eigenvalue weighted by Crippen LogP contribution is -1.81. The van der Waals surface area contributed by atoms with Gasteiger partial charge in [0.15, 0.2) is 23.1 Å². The number of azo groups is 2. The van der Waals surface area contributed by atoms with Crippen molar-refractivity contribution in [2.45, 2.75) is 0 Å². The number of hydrogen-bond acceptors (Lipinski definition) is 10. The van der Waals surface area contributed by atoms with E-state index in [0.29, 0.717) is 31.8 Å². The zero-order chi connectivity index (χ0) is 26.2. The fraction of sp³-hybridized carbons (Fsp3) is 0. The lowest BCUT2D eigenvalue weighted by Gasteiger charge is -2.04. The number of rotatable bonds is 5. The molecule has 186 valence electrons. The molecule has 0 aliphatic carbocycles. The van der Waals surface area contributed by atoms with Crippen molar-refractivity contribution in [3.05, 3.63) is 84.7 Å². The van der Waals surface area contributed by atoms with Crippen LogP contribution in [0, 0.1) is 11.6 Å². The standard InChI is InChI=1S/C26H14F2N6O2S2/c27-21-15-7-3-1-5-13(15)9-17(23(21)35)31-33-25-29-11-19(37-25)20-12-30-26(38-20)34-32-18-10-14-6-2-4-8-16(14)22(28)24(18)36/h1-12,35-36H. The maximum absolute atomic E-state index is 14.5. The molecule has 38 heavy (non-hydrogen) atoms. The molecule has 0 saturated carbocycles. The van der Waals surface area contributed by atoms with E-state index in [1.807, 2.05) is 0 Å². The molecule has 0 aliphatic heterocycles. The first-order valence-electron chi connectivity index (χ1n) is 11.0. The third-order valence-corrected chi connectivity index (χ3v) is 7.56. The molecule has 12 heteroatoms. The van der Waals surface area contributed by atoms with Gasteiger partial charge in [-0.1, -0.05) is 71.2 Å². The molecule has 2 aromatic heterocycles. The molecule has 0 aliphatic rings. The van der Waals surface area contributed by atoms with Crippen LogP contribution in [0.5, 0.6) is 11.5 Å². The average Bonchev–Trinajstić information content (AvgIpc) is 3.61. The first-order valence-corrected chi connectivity index (χ1v) is 12.7. The van der Waals surface area contributed by atoms with Crippen LogP contribution < -0.4 is 0 Å². The average molecular weight is 545 g/mol. The van der Waals surface area contributed by atoms with Crippen molar-refractivity contribution in [1.29, 1.82) is 0 Å². The minimum atomic E-state index is -0.761. The van der Waals surface area contributed by atoms with Gasteiger partial charge in [-0.15, -0.1) is 20.5 Å². The number of phenolic OH excluding ortho intramolecular Hbond substituents is 2. The third kappa shape index (κ3) is 4.35. The number of fused-ring (bicyclic) bond motifs is 2. The summed E-state index contributed by atoms with van der Waals surface area (Å²) < 4.78 is 29.0. The Bertz CT molecular complexity index is 1760. The third-order valence-electron chi connectivity index (χ3n) is 5.60. The molecule has 6 rings (SSSR count). The molecule has 0 unspecified atom stereocenters. The van der Waals surface area contributed by atoms with Crippen LogP contribution in [0.4, 0.5) is 30.4 Å². The fourth-order valence-electron chi connectivity index (χ4n) is 3.75. The van der Waals surface area contributed by atoms with E-state index in [2.05, 4.69) is 30.4 Å². The minimum Gasteiger partial charge on any atom is -0.503 e. The second kappa shape index (κ2) is 9.65. The van der Waals surface area contributed by atoms with Gasteiger partial charge in [-0.3, -0.25) is 0 Å². The van der Waals surface area contributed by atoms with Crippen molar-refractivity contribution in [3.63, 3.8) is 0 Å². The van der Waals surface area contributed by atoms with Crippen LogP contribution in [-0.2, 0) is 0 Å². The van der Waals surface area contributed by atoms with Gasteiger partial charge in [0.2, 0.25) is 10.3 Å². The highest BCUT2D eigenvalue weighted by Gasteiger charge is 2.14. The van der Waals surface area contributed by atoms with Crippen LogP contribution in [0.1, 0.15) is 0 Å². The largest absolute Gasteiger partial charge is 0.503 e. The molecular weight excluding hydrogens is 530 g/mol. The quantitative estimate of drug-likeness (QED) is 0.211. The van der Waals surface area contributed by atoms with Gasteiger partial charge in [0.1, 0.15) is 11.4 Å². The summed E-state index contributed by atoms with van der Waals surface area (Å²) in [6.07, 6.45) is 3.16. The molecule has 0 atom stereocenters. The highest BCUT2D eigenvalue weighted by Crippen LogP contribution is 2.40. The van der Waals surface area contributed by atoms with Crippen molar-refractivity contribution in [2.24, 2.45) is 20.5 Å². The first-order chi connectivity index (χ1) is 18.5. The number of halogens is 2. The van der Waals surface area contributed by atoms with Gasteiger partial charge < -0.3 is 10.2 Å². The number of nitrogens with zero attached hydrogens (tertiary/aromatic N) is 6. The van der Waals surface area contributed by atoms with Crippen LogP contribution in [0.15, 0.2) is 93.5 Å². The van der Waals surface area contributed by atoms with Crippen molar-refractivity contribution in [2.75, 3.05) is 0 Å². The number of aromatic nitrogens is 2.